The summed E-state index contributed by atoms with van der Waals surface area (Å²) >= 11 is 2.92. The number of aromatic nitrogens is 3. The van der Waals surface area contributed by atoms with Crippen LogP contribution in [0, 0.1) is 6.92 Å². The highest BCUT2D eigenvalue weighted by molar-refractivity contribution is 8.00. The van der Waals surface area contributed by atoms with Gasteiger partial charge in [-0.2, -0.15) is 0 Å². The van der Waals surface area contributed by atoms with Gasteiger partial charge in [0.1, 0.15) is 0 Å². The van der Waals surface area contributed by atoms with Crippen LogP contribution in [0.15, 0.2) is 69.5 Å². The number of anilines is 1. The molecular weight excluding hydrogens is 392 g/mol. The van der Waals surface area contributed by atoms with Gasteiger partial charge in [-0.3, -0.25) is 10.1 Å². The van der Waals surface area contributed by atoms with E-state index >= 15 is 0 Å². The van der Waals surface area contributed by atoms with Crippen LogP contribution < -0.4 is 5.32 Å². The number of benzene rings is 2. The first kappa shape index (κ1) is 18.4. The van der Waals surface area contributed by atoms with E-state index in [0.717, 1.165) is 15.7 Å². The molecule has 2 heterocycles. The summed E-state index contributed by atoms with van der Waals surface area (Å²) in [6.45, 7) is 2.07. The van der Waals surface area contributed by atoms with E-state index < -0.39 is 0 Å². The van der Waals surface area contributed by atoms with Crippen LogP contribution in [0.3, 0.4) is 0 Å². The Morgan fingerprint density at radius 3 is 2.79 bits per heavy atom. The molecule has 0 aliphatic heterocycles. The van der Waals surface area contributed by atoms with E-state index in [2.05, 4.69) is 45.8 Å². The van der Waals surface area contributed by atoms with Crippen molar-refractivity contribution in [1.29, 1.82) is 0 Å². The molecule has 28 heavy (non-hydrogen) atoms. The fraction of sp³-hybridized carbons (Fsp3) is 0.100. The maximum Gasteiger partial charge on any atom is 0.279 e. The summed E-state index contributed by atoms with van der Waals surface area (Å²) < 4.78 is 6.06. The fourth-order valence-electron chi connectivity index (χ4n) is 2.55. The molecular formula is C20H16N4O2S2. The molecule has 8 heteroatoms. The van der Waals surface area contributed by atoms with Gasteiger partial charge in [-0.05, 0) is 12.5 Å². The molecule has 1 N–H and O–H groups in total. The molecule has 0 aliphatic rings. The van der Waals surface area contributed by atoms with Gasteiger partial charge >= 0.3 is 0 Å². The number of aryl methyl sites for hydroxylation is 1. The van der Waals surface area contributed by atoms with Gasteiger partial charge in [-0.1, -0.05) is 88.4 Å². The first-order valence-electron chi connectivity index (χ1n) is 8.53. The number of thioether (sulfide) groups is 1. The molecule has 2 aromatic carbocycles. The van der Waals surface area contributed by atoms with Crippen LogP contribution in [0.1, 0.15) is 21.6 Å². The molecule has 1 amide bonds. The molecule has 0 atom stereocenters. The SMILES string of the molecule is Cc1cccc(CSc2nnc(NC(=O)c3cc(-c4ccccc4)on3)s2)c1. The molecule has 4 aromatic rings. The molecule has 0 aliphatic carbocycles. The number of nitrogens with zero attached hydrogens (tertiary/aromatic N) is 3. The van der Waals surface area contributed by atoms with Crippen LogP contribution in [0.4, 0.5) is 5.13 Å². The van der Waals surface area contributed by atoms with Crippen molar-refractivity contribution < 1.29 is 9.32 Å². The Balaban J connectivity index is 1.37. The quantitative estimate of drug-likeness (QED) is 0.355. The largest absolute Gasteiger partial charge is 0.355 e. The van der Waals surface area contributed by atoms with Crippen molar-refractivity contribution >= 4 is 34.1 Å². The zero-order chi connectivity index (χ0) is 19.3. The van der Waals surface area contributed by atoms with Crippen molar-refractivity contribution in [2.24, 2.45) is 0 Å². The minimum Gasteiger partial charge on any atom is -0.355 e. The standard InChI is InChI=1S/C20H16N4O2S2/c1-13-6-5-7-14(10-13)12-27-20-23-22-19(28-20)21-18(25)16-11-17(26-24-16)15-8-3-2-4-9-15/h2-11H,12H2,1H3,(H,21,22,25). The van der Waals surface area contributed by atoms with E-state index in [0.29, 0.717) is 10.9 Å². The van der Waals surface area contributed by atoms with Gasteiger partial charge in [0.25, 0.3) is 5.91 Å². The van der Waals surface area contributed by atoms with Crippen LogP contribution in [-0.2, 0) is 5.75 Å². The fourth-order valence-corrected chi connectivity index (χ4v) is 4.24. The van der Waals surface area contributed by atoms with Crippen molar-refractivity contribution in [3.63, 3.8) is 0 Å². The van der Waals surface area contributed by atoms with E-state index in [9.17, 15) is 4.79 Å². The van der Waals surface area contributed by atoms with Crippen LogP contribution in [-0.4, -0.2) is 21.3 Å². The normalized spacial score (nSPS) is 10.8. The topological polar surface area (TPSA) is 80.9 Å². The number of hydrogen-bond acceptors (Lipinski definition) is 7. The molecule has 0 saturated carbocycles. The Kier molecular flexibility index (Phi) is 5.50. The highest BCUT2D eigenvalue weighted by atomic mass is 32.2. The third-order valence-corrected chi connectivity index (χ3v) is 5.92. The smallest absolute Gasteiger partial charge is 0.279 e. The Morgan fingerprint density at radius 2 is 1.96 bits per heavy atom. The van der Waals surface area contributed by atoms with Crippen molar-refractivity contribution in [3.8, 4) is 11.3 Å². The second-order valence-corrected chi connectivity index (χ2v) is 8.25. The molecule has 0 radical (unpaired) electrons. The summed E-state index contributed by atoms with van der Waals surface area (Å²) in [5.74, 6) is 0.961. The first-order valence-corrected chi connectivity index (χ1v) is 10.3. The lowest BCUT2D eigenvalue weighted by molar-refractivity contribution is 0.101. The maximum atomic E-state index is 12.4. The van der Waals surface area contributed by atoms with Crippen molar-refractivity contribution in [3.05, 3.63) is 77.5 Å². The van der Waals surface area contributed by atoms with Gasteiger partial charge in [-0.15, -0.1) is 10.2 Å². The van der Waals surface area contributed by atoms with E-state index in [4.69, 9.17) is 4.52 Å². The summed E-state index contributed by atoms with van der Waals surface area (Å²) in [7, 11) is 0. The monoisotopic (exact) mass is 408 g/mol. The zero-order valence-electron chi connectivity index (χ0n) is 15.0. The minimum absolute atomic E-state index is 0.197. The second kappa shape index (κ2) is 8.37. The number of hydrogen-bond donors (Lipinski definition) is 1. The lowest BCUT2D eigenvalue weighted by atomic mass is 10.1. The van der Waals surface area contributed by atoms with Gasteiger partial charge < -0.3 is 4.52 Å². The Labute approximate surface area is 170 Å². The lowest BCUT2D eigenvalue weighted by Gasteiger charge is -1.99. The third-order valence-electron chi connectivity index (χ3n) is 3.87. The highest BCUT2D eigenvalue weighted by Crippen LogP contribution is 2.29. The number of carbonyl (C=O) groups is 1. The number of nitrogens with one attached hydrogen (secondary N) is 1. The molecule has 0 spiro atoms. The molecule has 0 saturated heterocycles. The summed E-state index contributed by atoms with van der Waals surface area (Å²) in [6.07, 6.45) is 0. The maximum absolute atomic E-state index is 12.4. The minimum atomic E-state index is -0.377. The predicted octanol–water partition coefficient (Wildman–Crippen LogP) is 5.05. The number of amides is 1. The van der Waals surface area contributed by atoms with E-state index in [1.54, 1.807) is 17.8 Å². The average molecular weight is 409 g/mol. The molecule has 0 bridgehead atoms. The van der Waals surface area contributed by atoms with E-state index in [-0.39, 0.29) is 11.6 Å². The second-order valence-electron chi connectivity index (χ2n) is 6.05. The number of rotatable bonds is 6. The van der Waals surface area contributed by atoms with Gasteiger partial charge in [0.05, 0.1) is 0 Å². The average Bonchev–Trinajstić information content (AvgIpc) is 3.37. The van der Waals surface area contributed by atoms with Crippen LogP contribution in [0.2, 0.25) is 0 Å². The van der Waals surface area contributed by atoms with Gasteiger partial charge in [0, 0.05) is 17.4 Å². The zero-order valence-corrected chi connectivity index (χ0v) is 16.6. The van der Waals surface area contributed by atoms with Crippen LogP contribution in [0.25, 0.3) is 11.3 Å². The highest BCUT2D eigenvalue weighted by Gasteiger charge is 2.16. The summed E-state index contributed by atoms with van der Waals surface area (Å²) in [5, 5.41) is 15.2. The molecule has 6 nitrogen and oxygen atoms in total. The van der Waals surface area contributed by atoms with Crippen molar-refractivity contribution in [1.82, 2.24) is 15.4 Å². The molecule has 4 rings (SSSR count). The van der Waals surface area contributed by atoms with Crippen LogP contribution in [0.5, 0.6) is 0 Å². The Bertz CT molecular complexity index is 1090. The van der Waals surface area contributed by atoms with E-state index in [1.165, 1.54) is 22.5 Å². The Hall–Kier alpha value is -2.97. The third kappa shape index (κ3) is 4.47. The van der Waals surface area contributed by atoms with Gasteiger partial charge in [0.2, 0.25) is 5.13 Å². The van der Waals surface area contributed by atoms with Gasteiger partial charge in [-0.25, -0.2) is 0 Å². The van der Waals surface area contributed by atoms with Crippen molar-refractivity contribution in [2.75, 3.05) is 5.32 Å². The molecule has 0 unspecified atom stereocenters. The molecule has 2 aromatic heterocycles. The predicted molar refractivity (Wildman–Crippen MR) is 111 cm³/mol. The van der Waals surface area contributed by atoms with Gasteiger partial charge in [0.15, 0.2) is 15.8 Å². The summed E-state index contributed by atoms with van der Waals surface area (Å²) in [4.78, 5) is 12.4. The lowest BCUT2D eigenvalue weighted by Crippen LogP contribution is -2.11. The number of carbonyl (C=O) groups excluding carboxylic acids is 1. The van der Waals surface area contributed by atoms with E-state index in [1.807, 2.05) is 36.4 Å². The van der Waals surface area contributed by atoms with Crippen molar-refractivity contribution in [2.45, 2.75) is 17.0 Å². The first-order chi connectivity index (χ1) is 13.7. The van der Waals surface area contributed by atoms with Crippen LogP contribution >= 0.6 is 23.1 Å². The Morgan fingerprint density at radius 1 is 1.11 bits per heavy atom. The summed E-state index contributed by atoms with van der Waals surface area (Å²) in [6, 6.07) is 19.4. The molecule has 140 valence electrons. The molecule has 0 fully saturated rings. The summed E-state index contributed by atoms with van der Waals surface area (Å²) in [5.41, 5.74) is 3.51.